The summed E-state index contributed by atoms with van der Waals surface area (Å²) in [6, 6.07) is 10.5. The molecule has 1 saturated carbocycles. The van der Waals surface area contributed by atoms with Gasteiger partial charge in [0.15, 0.2) is 5.17 Å². The quantitative estimate of drug-likeness (QED) is 0.549. The average molecular weight is 342 g/mol. The van der Waals surface area contributed by atoms with Crippen molar-refractivity contribution in [2.24, 2.45) is 5.73 Å². The van der Waals surface area contributed by atoms with E-state index >= 15 is 0 Å². The van der Waals surface area contributed by atoms with Crippen molar-refractivity contribution >= 4 is 35.2 Å². The number of halogens is 1. The molecule has 0 aliphatic heterocycles. The third-order valence-electron chi connectivity index (χ3n) is 4.16. The molecular formula is C16H24ClN3OS. The molecule has 22 heavy (non-hydrogen) atoms. The van der Waals surface area contributed by atoms with Gasteiger partial charge < -0.3 is 11.1 Å². The van der Waals surface area contributed by atoms with Crippen molar-refractivity contribution in [3.8, 4) is 0 Å². The second-order valence-electron chi connectivity index (χ2n) is 5.59. The van der Waals surface area contributed by atoms with E-state index < -0.39 is 0 Å². The van der Waals surface area contributed by atoms with E-state index in [-0.39, 0.29) is 28.9 Å². The van der Waals surface area contributed by atoms with E-state index in [0.29, 0.717) is 18.7 Å². The molecule has 6 heteroatoms. The zero-order chi connectivity index (χ0) is 15.1. The maximum Gasteiger partial charge on any atom is 0.220 e. The van der Waals surface area contributed by atoms with Gasteiger partial charge in [-0.1, -0.05) is 54.9 Å². The lowest BCUT2D eigenvalue weighted by Gasteiger charge is -2.30. The van der Waals surface area contributed by atoms with Gasteiger partial charge in [-0.3, -0.25) is 10.2 Å². The maximum atomic E-state index is 11.9. The van der Waals surface area contributed by atoms with E-state index in [0.717, 1.165) is 12.8 Å². The topological polar surface area (TPSA) is 79.0 Å². The molecule has 4 nitrogen and oxygen atoms in total. The highest BCUT2D eigenvalue weighted by Gasteiger charge is 2.35. The van der Waals surface area contributed by atoms with E-state index in [1.165, 1.54) is 30.2 Å². The zero-order valence-electron chi connectivity index (χ0n) is 12.6. The summed E-state index contributed by atoms with van der Waals surface area (Å²) in [6.07, 6.45) is 5.14. The SMILES string of the molecule is Cl.N=C(N)SCCC(=O)NCC1(c2ccccc2)CCCC1. The molecule has 1 aromatic rings. The van der Waals surface area contributed by atoms with Crippen molar-refractivity contribution in [3.05, 3.63) is 35.9 Å². The van der Waals surface area contributed by atoms with Gasteiger partial charge in [0.05, 0.1) is 0 Å². The van der Waals surface area contributed by atoms with Gasteiger partial charge in [0, 0.05) is 24.1 Å². The Hall–Kier alpha value is -1.20. The van der Waals surface area contributed by atoms with Gasteiger partial charge in [-0.15, -0.1) is 12.4 Å². The Kier molecular flexibility index (Phi) is 7.76. The number of amidine groups is 1. The molecule has 1 amide bonds. The molecule has 0 radical (unpaired) electrons. The Balaban J connectivity index is 0.00000242. The molecule has 0 aromatic heterocycles. The van der Waals surface area contributed by atoms with Crippen LogP contribution in [0.4, 0.5) is 0 Å². The van der Waals surface area contributed by atoms with Crippen LogP contribution in [0, 0.1) is 5.41 Å². The maximum absolute atomic E-state index is 11.9. The first kappa shape index (κ1) is 18.8. The fourth-order valence-electron chi connectivity index (χ4n) is 3.02. The van der Waals surface area contributed by atoms with Crippen LogP contribution in [-0.4, -0.2) is 23.4 Å². The second-order valence-corrected chi connectivity index (χ2v) is 6.73. The minimum atomic E-state index is 0. The van der Waals surface area contributed by atoms with Crippen LogP contribution in [0.25, 0.3) is 0 Å². The molecule has 122 valence electrons. The van der Waals surface area contributed by atoms with Crippen LogP contribution in [-0.2, 0) is 10.2 Å². The van der Waals surface area contributed by atoms with Crippen LogP contribution in [0.2, 0.25) is 0 Å². The first-order chi connectivity index (χ1) is 10.1. The second kappa shape index (κ2) is 9.06. The number of carbonyl (C=O) groups is 1. The third kappa shape index (κ3) is 5.21. The standard InChI is InChI=1S/C16H23N3OS.ClH/c17-15(18)21-11-8-14(20)19-12-16(9-4-5-10-16)13-6-2-1-3-7-13;/h1-3,6-7H,4-5,8-12H2,(H3,17,18)(H,19,20);1H. The van der Waals surface area contributed by atoms with Crippen molar-refractivity contribution in [3.63, 3.8) is 0 Å². The normalized spacial score (nSPS) is 15.8. The molecule has 1 aliphatic rings. The summed E-state index contributed by atoms with van der Waals surface area (Å²) >= 11 is 1.21. The van der Waals surface area contributed by atoms with Crippen molar-refractivity contribution in [2.75, 3.05) is 12.3 Å². The first-order valence-corrected chi connectivity index (χ1v) is 8.40. The van der Waals surface area contributed by atoms with Gasteiger partial charge >= 0.3 is 0 Å². The van der Waals surface area contributed by atoms with Crippen molar-refractivity contribution in [1.29, 1.82) is 5.41 Å². The molecule has 0 heterocycles. The van der Waals surface area contributed by atoms with Crippen LogP contribution in [0.3, 0.4) is 0 Å². The molecular weight excluding hydrogens is 318 g/mol. The van der Waals surface area contributed by atoms with Gasteiger partial charge in [0.2, 0.25) is 5.91 Å². The van der Waals surface area contributed by atoms with Crippen LogP contribution < -0.4 is 11.1 Å². The minimum Gasteiger partial charge on any atom is -0.379 e. The number of thioether (sulfide) groups is 1. The predicted molar refractivity (Wildman–Crippen MR) is 95.8 cm³/mol. The summed E-state index contributed by atoms with van der Waals surface area (Å²) in [5.74, 6) is 0.616. The molecule has 1 aliphatic carbocycles. The minimum absolute atomic E-state index is 0. The molecule has 4 N–H and O–H groups in total. The van der Waals surface area contributed by atoms with Crippen LogP contribution in [0.5, 0.6) is 0 Å². The van der Waals surface area contributed by atoms with Gasteiger partial charge in [-0.05, 0) is 18.4 Å². The van der Waals surface area contributed by atoms with Gasteiger partial charge in [0.25, 0.3) is 0 Å². The highest BCUT2D eigenvalue weighted by Crippen LogP contribution is 2.40. The number of amides is 1. The van der Waals surface area contributed by atoms with E-state index in [2.05, 4.69) is 29.6 Å². The molecule has 1 fully saturated rings. The van der Waals surface area contributed by atoms with Gasteiger partial charge in [-0.25, -0.2) is 0 Å². The van der Waals surface area contributed by atoms with Crippen molar-refractivity contribution in [1.82, 2.24) is 5.32 Å². The third-order valence-corrected chi connectivity index (χ3v) is 4.88. The number of rotatable bonds is 6. The smallest absolute Gasteiger partial charge is 0.220 e. The summed E-state index contributed by atoms with van der Waals surface area (Å²) in [6.45, 7) is 0.709. The highest BCUT2D eigenvalue weighted by molar-refractivity contribution is 8.13. The average Bonchev–Trinajstić information content (AvgIpc) is 2.96. The van der Waals surface area contributed by atoms with Crippen LogP contribution in [0.1, 0.15) is 37.7 Å². The summed E-state index contributed by atoms with van der Waals surface area (Å²) in [5, 5.41) is 10.3. The summed E-state index contributed by atoms with van der Waals surface area (Å²) in [4.78, 5) is 11.9. The first-order valence-electron chi connectivity index (χ1n) is 7.41. The Morgan fingerprint density at radius 3 is 2.50 bits per heavy atom. The number of nitrogens with two attached hydrogens (primary N) is 1. The van der Waals surface area contributed by atoms with E-state index in [4.69, 9.17) is 11.1 Å². The summed E-state index contributed by atoms with van der Waals surface area (Å²) in [7, 11) is 0. The highest BCUT2D eigenvalue weighted by atomic mass is 35.5. The molecule has 0 saturated heterocycles. The number of nitrogens with one attached hydrogen (secondary N) is 2. The largest absolute Gasteiger partial charge is 0.379 e. The predicted octanol–water partition coefficient (Wildman–Crippen LogP) is 3.05. The molecule has 0 atom stereocenters. The van der Waals surface area contributed by atoms with E-state index in [1.807, 2.05) is 6.07 Å². The lowest BCUT2D eigenvalue weighted by atomic mass is 9.79. The number of hydrogen-bond donors (Lipinski definition) is 3. The lowest BCUT2D eigenvalue weighted by Crippen LogP contribution is -2.39. The molecule has 0 spiro atoms. The Labute approximate surface area is 142 Å². The van der Waals surface area contributed by atoms with Crippen molar-refractivity contribution in [2.45, 2.75) is 37.5 Å². The lowest BCUT2D eigenvalue weighted by molar-refractivity contribution is -0.120. The molecule has 1 aromatic carbocycles. The molecule has 0 bridgehead atoms. The number of benzene rings is 1. The molecule has 0 unspecified atom stereocenters. The fourth-order valence-corrected chi connectivity index (χ4v) is 3.53. The number of hydrogen-bond acceptors (Lipinski definition) is 3. The fraction of sp³-hybridized carbons (Fsp3) is 0.500. The Bertz CT molecular complexity index is 489. The monoisotopic (exact) mass is 341 g/mol. The van der Waals surface area contributed by atoms with Crippen LogP contribution >= 0.6 is 24.2 Å². The Morgan fingerprint density at radius 1 is 1.27 bits per heavy atom. The molecule has 2 rings (SSSR count). The zero-order valence-corrected chi connectivity index (χ0v) is 14.3. The summed E-state index contributed by atoms with van der Waals surface area (Å²) < 4.78 is 0. The van der Waals surface area contributed by atoms with E-state index in [9.17, 15) is 4.79 Å². The Morgan fingerprint density at radius 2 is 1.91 bits per heavy atom. The summed E-state index contributed by atoms with van der Waals surface area (Å²) in [5.41, 5.74) is 6.70. The number of carbonyl (C=O) groups excluding carboxylic acids is 1. The van der Waals surface area contributed by atoms with Gasteiger partial charge in [-0.2, -0.15) is 0 Å². The van der Waals surface area contributed by atoms with Gasteiger partial charge in [0.1, 0.15) is 0 Å². The van der Waals surface area contributed by atoms with Crippen molar-refractivity contribution < 1.29 is 4.79 Å². The van der Waals surface area contributed by atoms with Crippen LogP contribution in [0.15, 0.2) is 30.3 Å². The van der Waals surface area contributed by atoms with E-state index in [1.54, 1.807) is 0 Å².